The molecule has 11 aromatic carbocycles. The number of para-hydroxylation sites is 1. The van der Waals surface area contributed by atoms with Gasteiger partial charge in [-0.2, -0.15) is 0 Å². The second-order valence-corrected chi connectivity index (χ2v) is 16.1. The maximum atomic E-state index is 8.63. The Morgan fingerprint density at radius 1 is 0.328 bits per heavy atom. The fourth-order valence-electron chi connectivity index (χ4n) is 9.43. The van der Waals surface area contributed by atoms with E-state index in [4.69, 9.17) is 6.85 Å². The average molecular weight is 820 g/mol. The van der Waals surface area contributed by atoms with Gasteiger partial charge in [-0.25, -0.2) is 0 Å². The van der Waals surface area contributed by atoms with Crippen molar-refractivity contribution in [3.63, 3.8) is 0 Å². The molecule has 0 amide bonds. The Bertz CT molecular complexity index is 3900. The van der Waals surface area contributed by atoms with Crippen LogP contribution in [0.3, 0.4) is 0 Å². The van der Waals surface area contributed by atoms with Crippen molar-refractivity contribution in [1.82, 2.24) is 4.57 Å². The van der Waals surface area contributed by atoms with E-state index in [0.29, 0.717) is 5.56 Å². The fourth-order valence-corrected chi connectivity index (χ4v) is 9.43. The second kappa shape index (κ2) is 15.8. The van der Waals surface area contributed by atoms with Crippen LogP contribution in [0.2, 0.25) is 0 Å². The van der Waals surface area contributed by atoms with Crippen LogP contribution in [-0.4, -0.2) is 4.57 Å². The number of hydrogen-bond donors (Lipinski definition) is 0. The van der Waals surface area contributed by atoms with Crippen LogP contribution in [0.5, 0.6) is 0 Å². The summed E-state index contributed by atoms with van der Waals surface area (Å²) in [6, 6.07) is 77.3. The Labute approximate surface area is 380 Å². The summed E-state index contributed by atoms with van der Waals surface area (Å²) in [6.45, 7) is 0. The zero-order valence-corrected chi connectivity index (χ0v) is 34.8. The maximum Gasteiger partial charge on any atom is 0.0629 e. The molecule has 0 aliphatic rings. The molecule has 0 N–H and O–H groups in total. The third-order valence-electron chi connectivity index (χ3n) is 12.5. The highest BCUT2D eigenvalue weighted by Gasteiger charge is 2.19. The number of fused-ring (bicyclic) bond motifs is 5. The molecule has 2 heteroatoms. The first-order chi connectivity index (χ1) is 33.8. The van der Waals surface area contributed by atoms with Crippen molar-refractivity contribution in [2.45, 2.75) is 0 Å². The molecule has 0 saturated heterocycles. The van der Waals surface area contributed by atoms with Crippen molar-refractivity contribution in [3.05, 3.63) is 255 Å². The lowest BCUT2D eigenvalue weighted by atomic mass is 9.94. The molecule has 0 bridgehead atoms. The van der Waals surface area contributed by atoms with Crippen LogP contribution >= 0.6 is 0 Å². The summed E-state index contributed by atoms with van der Waals surface area (Å²) in [7, 11) is 0. The lowest BCUT2D eigenvalue weighted by Crippen LogP contribution is -2.10. The third-order valence-corrected chi connectivity index (χ3v) is 12.5. The lowest BCUT2D eigenvalue weighted by Gasteiger charge is -2.27. The second-order valence-electron chi connectivity index (χ2n) is 16.1. The molecule has 300 valence electrons. The van der Waals surface area contributed by atoms with Crippen molar-refractivity contribution >= 4 is 60.4 Å². The zero-order chi connectivity index (χ0) is 46.8. The van der Waals surface area contributed by atoms with Gasteiger partial charge in [0.15, 0.2) is 0 Å². The van der Waals surface area contributed by atoms with Crippen molar-refractivity contribution in [3.8, 4) is 50.2 Å². The highest BCUT2D eigenvalue weighted by molar-refractivity contribution is 6.12. The third kappa shape index (κ3) is 6.52. The minimum atomic E-state index is -0.405. The van der Waals surface area contributed by atoms with E-state index in [0.717, 1.165) is 61.2 Å². The maximum absolute atomic E-state index is 8.63. The van der Waals surface area contributed by atoms with Crippen LogP contribution < -0.4 is 4.90 Å². The van der Waals surface area contributed by atoms with Crippen LogP contribution in [0.15, 0.2) is 255 Å². The van der Waals surface area contributed by atoms with Crippen LogP contribution in [-0.2, 0) is 0 Å². The van der Waals surface area contributed by atoms with Gasteiger partial charge in [0.25, 0.3) is 0 Å². The number of anilines is 3. The molecule has 0 aliphatic heterocycles. The van der Waals surface area contributed by atoms with Gasteiger partial charge in [-0.15, -0.1) is 0 Å². The van der Waals surface area contributed by atoms with E-state index >= 15 is 0 Å². The highest BCUT2D eigenvalue weighted by Crippen LogP contribution is 2.43. The summed E-state index contributed by atoms with van der Waals surface area (Å²) in [5.41, 5.74) is 13.8. The SMILES string of the molecule is [2H]c1c([2H])c([2H])c(-c2ccc(N(c3ccc(-c4ccccc4)cc3)c3cccc4c(-c5ccc(-c6ccc7c(c6)c6ccccc6n7-c6cccc7ccccc67)cc5)cccc34)cc2)c([2H])c1[2H]. The van der Waals surface area contributed by atoms with Crippen molar-refractivity contribution < 1.29 is 6.85 Å². The smallest absolute Gasteiger partial charge is 0.0629 e. The number of rotatable bonds is 8. The summed E-state index contributed by atoms with van der Waals surface area (Å²) in [4.78, 5) is 2.23. The Morgan fingerprint density at radius 3 is 1.64 bits per heavy atom. The molecule has 0 aliphatic carbocycles. The molecule has 1 aromatic heterocycles. The molecule has 0 unspecified atom stereocenters. The zero-order valence-electron chi connectivity index (χ0n) is 39.8. The number of nitrogens with zero attached hydrogens (tertiary/aromatic N) is 2. The summed E-state index contributed by atoms with van der Waals surface area (Å²) in [6.07, 6.45) is 0. The summed E-state index contributed by atoms with van der Waals surface area (Å²) >= 11 is 0. The molecule has 0 radical (unpaired) electrons. The van der Waals surface area contributed by atoms with Gasteiger partial charge in [-0.3, -0.25) is 0 Å². The van der Waals surface area contributed by atoms with E-state index in [-0.39, 0.29) is 29.7 Å². The molecule has 2 nitrogen and oxygen atoms in total. The van der Waals surface area contributed by atoms with Gasteiger partial charge in [0.1, 0.15) is 0 Å². The van der Waals surface area contributed by atoms with Crippen LogP contribution in [0.1, 0.15) is 6.85 Å². The summed E-state index contributed by atoms with van der Waals surface area (Å²) in [5, 5.41) is 7.04. The van der Waals surface area contributed by atoms with Gasteiger partial charge in [0.2, 0.25) is 0 Å². The van der Waals surface area contributed by atoms with E-state index in [1.807, 2.05) is 42.5 Å². The monoisotopic (exact) mass is 819 g/mol. The molecular weight excluding hydrogens is 773 g/mol. The molecule has 0 fully saturated rings. The molecule has 12 aromatic rings. The first-order valence-electron chi connectivity index (χ1n) is 24.1. The van der Waals surface area contributed by atoms with Crippen molar-refractivity contribution in [1.29, 1.82) is 0 Å². The predicted molar refractivity (Wildman–Crippen MR) is 272 cm³/mol. The van der Waals surface area contributed by atoms with E-state index in [2.05, 4.69) is 191 Å². The molecule has 64 heavy (non-hydrogen) atoms. The Morgan fingerprint density at radius 2 is 0.859 bits per heavy atom. The van der Waals surface area contributed by atoms with Crippen molar-refractivity contribution in [2.24, 2.45) is 0 Å². The Kier molecular flexibility index (Phi) is 7.96. The minimum Gasteiger partial charge on any atom is -0.310 e. The standard InChI is InChI=1S/C62H42N2/c1-3-14-43(15-4-1)45-32-37-51(38-33-45)63(52-39-34-46(35-40-52)44-16-5-2-6-17-44)60-27-13-23-55-53(22-12-24-56(55)60)49-30-28-47(29-31-49)50-36-41-62-58(42-50)57-21-9-10-25-61(57)64(62)59-26-11-19-48-18-7-8-20-54(48)59/h1-42H/i1D,3D,4D,14D,15D. The molecular formula is C62H42N2. The van der Waals surface area contributed by atoms with E-state index in [9.17, 15) is 0 Å². The first-order valence-corrected chi connectivity index (χ1v) is 21.6. The van der Waals surface area contributed by atoms with E-state index < -0.39 is 6.04 Å². The van der Waals surface area contributed by atoms with Crippen LogP contribution in [0.4, 0.5) is 17.1 Å². The van der Waals surface area contributed by atoms with Crippen LogP contribution in [0.25, 0.3) is 93.5 Å². The van der Waals surface area contributed by atoms with Gasteiger partial charge in [-0.1, -0.05) is 200 Å². The Hall–Kier alpha value is -8.46. The normalized spacial score (nSPS) is 12.5. The van der Waals surface area contributed by atoms with Gasteiger partial charge >= 0.3 is 0 Å². The van der Waals surface area contributed by atoms with Gasteiger partial charge in [0.05, 0.1) is 29.3 Å². The van der Waals surface area contributed by atoms with Gasteiger partial charge in [0, 0.05) is 32.9 Å². The summed E-state index contributed by atoms with van der Waals surface area (Å²) < 4.78 is 44.3. The molecule has 0 spiro atoms. The molecule has 0 saturated carbocycles. The van der Waals surface area contributed by atoms with E-state index in [1.165, 1.54) is 38.3 Å². The minimum absolute atomic E-state index is 0.178. The molecule has 0 atom stereocenters. The van der Waals surface area contributed by atoms with E-state index in [1.54, 1.807) is 0 Å². The average Bonchev–Trinajstić information content (AvgIpc) is 3.74. The first kappa shape index (κ1) is 32.3. The van der Waals surface area contributed by atoms with Gasteiger partial charge < -0.3 is 9.47 Å². The van der Waals surface area contributed by atoms with Crippen molar-refractivity contribution in [2.75, 3.05) is 4.90 Å². The molecule has 12 rings (SSSR count). The quantitative estimate of drug-likeness (QED) is 0.148. The largest absolute Gasteiger partial charge is 0.310 e. The number of benzene rings is 11. The lowest BCUT2D eigenvalue weighted by molar-refractivity contribution is 1.20. The highest BCUT2D eigenvalue weighted by atomic mass is 15.1. The summed E-state index contributed by atoms with van der Waals surface area (Å²) in [5.74, 6) is 0. The number of aromatic nitrogens is 1. The van der Waals surface area contributed by atoms with Gasteiger partial charge in [-0.05, 0) is 110 Å². The topological polar surface area (TPSA) is 8.17 Å². The van der Waals surface area contributed by atoms with Crippen LogP contribution in [0, 0.1) is 0 Å². The Balaban J connectivity index is 0.932. The fraction of sp³-hybridized carbons (Fsp3) is 0. The predicted octanol–water partition coefficient (Wildman–Crippen LogP) is 17.2. The molecule has 1 heterocycles. The number of hydrogen-bond acceptors (Lipinski definition) is 1.